The molecule has 2 rings (SSSR count). The van der Waals surface area contributed by atoms with Crippen molar-refractivity contribution >= 4 is 32.4 Å². The number of nitrogens with one attached hydrogen (secondary N) is 1. The van der Waals surface area contributed by atoms with Gasteiger partial charge in [0.15, 0.2) is 5.13 Å². The van der Waals surface area contributed by atoms with Crippen LogP contribution in [0.1, 0.15) is 32.6 Å². The molecule has 0 spiro atoms. The Bertz CT molecular complexity index is 301. The SMILES string of the molecule is CCC1(CNc2nc(Br)cs2)CCC1. The quantitative estimate of drug-likeness (QED) is 0.901. The number of nitrogens with zero attached hydrogens (tertiary/aromatic N) is 1. The molecule has 0 saturated heterocycles. The Labute approximate surface area is 97.3 Å². The zero-order chi connectivity index (χ0) is 10.0. The maximum Gasteiger partial charge on any atom is 0.183 e. The van der Waals surface area contributed by atoms with Gasteiger partial charge < -0.3 is 5.32 Å². The Morgan fingerprint density at radius 3 is 2.86 bits per heavy atom. The third-order valence-electron chi connectivity index (χ3n) is 3.25. The second-order valence-electron chi connectivity index (χ2n) is 4.04. The lowest BCUT2D eigenvalue weighted by molar-refractivity contribution is 0.145. The van der Waals surface area contributed by atoms with E-state index in [1.165, 1.54) is 25.7 Å². The highest BCUT2D eigenvalue weighted by molar-refractivity contribution is 9.10. The predicted octanol–water partition coefficient (Wildman–Crippen LogP) is 3.90. The van der Waals surface area contributed by atoms with Gasteiger partial charge in [0.25, 0.3) is 0 Å². The number of rotatable bonds is 4. The van der Waals surface area contributed by atoms with Crippen molar-refractivity contribution in [3.05, 3.63) is 9.98 Å². The minimum atomic E-state index is 0.568. The van der Waals surface area contributed by atoms with E-state index in [9.17, 15) is 0 Å². The Hall–Kier alpha value is -0.0900. The van der Waals surface area contributed by atoms with E-state index in [4.69, 9.17) is 0 Å². The Morgan fingerprint density at radius 1 is 1.64 bits per heavy atom. The van der Waals surface area contributed by atoms with Gasteiger partial charge in [-0.2, -0.15) is 0 Å². The summed E-state index contributed by atoms with van der Waals surface area (Å²) in [5, 5.41) is 6.49. The number of hydrogen-bond donors (Lipinski definition) is 1. The first-order valence-corrected chi connectivity index (χ1v) is 6.76. The molecule has 0 bridgehead atoms. The molecule has 0 radical (unpaired) electrons. The molecule has 1 aromatic heterocycles. The molecule has 1 aliphatic rings. The molecular weight excluding hydrogens is 260 g/mol. The van der Waals surface area contributed by atoms with Crippen molar-refractivity contribution < 1.29 is 0 Å². The Kier molecular flexibility index (Phi) is 3.12. The van der Waals surface area contributed by atoms with Crippen LogP contribution in [0.15, 0.2) is 9.98 Å². The monoisotopic (exact) mass is 274 g/mol. The lowest BCUT2D eigenvalue weighted by atomic mass is 9.67. The molecule has 0 atom stereocenters. The van der Waals surface area contributed by atoms with E-state index in [1.54, 1.807) is 11.3 Å². The molecule has 1 saturated carbocycles. The minimum Gasteiger partial charge on any atom is -0.361 e. The van der Waals surface area contributed by atoms with E-state index in [-0.39, 0.29) is 0 Å². The van der Waals surface area contributed by atoms with Gasteiger partial charge in [0.2, 0.25) is 0 Å². The molecule has 1 fully saturated rings. The smallest absolute Gasteiger partial charge is 0.183 e. The van der Waals surface area contributed by atoms with Crippen molar-refractivity contribution in [3.8, 4) is 0 Å². The van der Waals surface area contributed by atoms with Crippen LogP contribution in [0.4, 0.5) is 5.13 Å². The maximum absolute atomic E-state index is 4.33. The molecule has 1 heterocycles. The van der Waals surface area contributed by atoms with Crippen LogP contribution in [0, 0.1) is 5.41 Å². The average Bonchev–Trinajstić information content (AvgIpc) is 2.50. The molecule has 14 heavy (non-hydrogen) atoms. The second kappa shape index (κ2) is 4.19. The van der Waals surface area contributed by atoms with Crippen molar-refractivity contribution in [1.82, 2.24) is 4.98 Å². The van der Waals surface area contributed by atoms with Gasteiger partial charge in [-0.25, -0.2) is 4.98 Å². The molecule has 1 N–H and O–H groups in total. The van der Waals surface area contributed by atoms with Gasteiger partial charge in [-0.15, -0.1) is 11.3 Å². The summed E-state index contributed by atoms with van der Waals surface area (Å²) in [6.07, 6.45) is 5.44. The first kappa shape index (κ1) is 10.4. The molecule has 0 aromatic carbocycles. The zero-order valence-corrected chi connectivity index (χ0v) is 10.7. The third kappa shape index (κ3) is 2.11. The van der Waals surface area contributed by atoms with Crippen molar-refractivity contribution in [1.29, 1.82) is 0 Å². The van der Waals surface area contributed by atoms with E-state index in [2.05, 4.69) is 33.2 Å². The van der Waals surface area contributed by atoms with E-state index in [0.29, 0.717) is 5.41 Å². The van der Waals surface area contributed by atoms with Crippen LogP contribution in [0.5, 0.6) is 0 Å². The molecule has 4 heteroatoms. The van der Waals surface area contributed by atoms with Crippen LogP contribution >= 0.6 is 27.3 Å². The molecule has 1 aromatic rings. The molecule has 0 unspecified atom stereocenters. The highest BCUT2D eigenvalue weighted by Crippen LogP contribution is 2.43. The zero-order valence-electron chi connectivity index (χ0n) is 8.35. The summed E-state index contributed by atoms with van der Waals surface area (Å²) in [7, 11) is 0. The fourth-order valence-electron chi connectivity index (χ4n) is 1.93. The summed E-state index contributed by atoms with van der Waals surface area (Å²) < 4.78 is 0.934. The second-order valence-corrected chi connectivity index (χ2v) is 5.71. The normalized spacial score (nSPS) is 19.0. The number of anilines is 1. The van der Waals surface area contributed by atoms with Crippen LogP contribution < -0.4 is 5.32 Å². The standard InChI is InChI=1S/C10H15BrN2S/c1-2-10(4-3-5-10)7-12-9-13-8(11)6-14-9/h6H,2-5,7H2,1H3,(H,12,13). The van der Waals surface area contributed by atoms with Gasteiger partial charge in [-0.05, 0) is 40.6 Å². The summed E-state index contributed by atoms with van der Waals surface area (Å²) in [6, 6.07) is 0. The maximum atomic E-state index is 4.33. The van der Waals surface area contributed by atoms with E-state index >= 15 is 0 Å². The van der Waals surface area contributed by atoms with E-state index in [0.717, 1.165) is 16.3 Å². The first-order valence-electron chi connectivity index (χ1n) is 5.09. The van der Waals surface area contributed by atoms with Gasteiger partial charge >= 0.3 is 0 Å². The summed E-state index contributed by atoms with van der Waals surface area (Å²) >= 11 is 5.03. The van der Waals surface area contributed by atoms with Gasteiger partial charge in [-0.1, -0.05) is 13.3 Å². The van der Waals surface area contributed by atoms with E-state index in [1.807, 2.05) is 5.38 Å². The number of thiazole rings is 1. The largest absolute Gasteiger partial charge is 0.361 e. The van der Waals surface area contributed by atoms with Crippen LogP contribution in [0.25, 0.3) is 0 Å². The lowest BCUT2D eigenvalue weighted by Gasteiger charge is -2.41. The summed E-state index contributed by atoms with van der Waals surface area (Å²) in [6.45, 7) is 3.38. The molecular formula is C10H15BrN2S. The van der Waals surface area contributed by atoms with Crippen LogP contribution in [-0.2, 0) is 0 Å². The van der Waals surface area contributed by atoms with Crippen LogP contribution in [0.2, 0.25) is 0 Å². The Morgan fingerprint density at radius 2 is 2.43 bits per heavy atom. The highest BCUT2D eigenvalue weighted by atomic mass is 79.9. The van der Waals surface area contributed by atoms with Crippen molar-refractivity contribution in [2.45, 2.75) is 32.6 Å². The highest BCUT2D eigenvalue weighted by Gasteiger charge is 2.34. The summed E-state index contributed by atoms with van der Waals surface area (Å²) in [5.74, 6) is 0. The van der Waals surface area contributed by atoms with Gasteiger partial charge in [0.05, 0.1) is 0 Å². The molecule has 1 aliphatic carbocycles. The van der Waals surface area contributed by atoms with Crippen LogP contribution in [0.3, 0.4) is 0 Å². The molecule has 78 valence electrons. The van der Waals surface area contributed by atoms with Crippen molar-refractivity contribution in [3.63, 3.8) is 0 Å². The number of halogens is 1. The predicted molar refractivity (Wildman–Crippen MR) is 64.9 cm³/mol. The average molecular weight is 275 g/mol. The first-order chi connectivity index (χ1) is 6.74. The summed E-state index contributed by atoms with van der Waals surface area (Å²) in [5.41, 5.74) is 0.568. The number of aromatic nitrogens is 1. The third-order valence-corrected chi connectivity index (χ3v) is 4.76. The van der Waals surface area contributed by atoms with E-state index < -0.39 is 0 Å². The van der Waals surface area contributed by atoms with Crippen molar-refractivity contribution in [2.24, 2.45) is 5.41 Å². The molecule has 2 nitrogen and oxygen atoms in total. The van der Waals surface area contributed by atoms with Gasteiger partial charge in [-0.3, -0.25) is 0 Å². The topological polar surface area (TPSA) is 24.9 Å². The van der Waals surface area contributed by atoms with Crippen molar-refractivity contribution in [2.75, 3.05) is 11.9 Å². The molecule has 0 aliphatic heterocycles. The van der Waals surface area contributed by atoms with Gasteiger partial charge in [0.1, 0.15) is 4.60 Å². The summed E-state index contributed by atoms with van der Waals surface area (Å²) in [4.78, 5) is 4.33. The lowest BCUT2D eigenvalue weighted by Crippen LogP contribution is -2.35. The fourth-order valence-corrected chi connectivity index (χ4v) is 3.07. The minimum absolute atomic E-state index is 0.568. The fraction of sp³-hybridized carbons (Fsp3) is 0.700. The molecule has 0 amide bonds. The van der Waals surface area contributed by atoms with Gasteiger partial charge in [0, 0.05) is 11.9 Å². The Balaban J connectivity index is 1.87. The number of hydrogen-bond acceptors (Lipinski definition) is 3. The van der Waals surface area contributed by atoms with Crippen LogP contribution in [-0.4, -0.2) is 11.5 Å².